The van der Waals surface area contributed by atoms with Crippen LogP contribution in [-0.4, -0.2) is 16.0 Å². The van der Waals surface area contributed by atoms with Crippen LogP contribution >= 0.6 is 0 Å². The zero-order valence-electron chi connectivity index (χ0n) is 11.7. The van der Waals surface area contributed by atoms with Crippen molar-refractivity contribution in [3.63, 3.8) is 0 Å². The Morgan fingerprint density at radius 1 is 1.00 bits per heavy atom. The van der Waals surface area contributed by atoms with Crippen molar-refractivity contribution in [1.82, 2.24) is 0 Å². The number of carbonyl (C=O) groups is 1. The maximum absolute atomic E-state index is 12.4. The highest BCUT2D eigenvalue weighted by Gasteiger charge is 2.34. The van der Waals surface area contributed by atoms with Gasteiger partial charge in [0.1, 0.15) is 22.8 Å². The second-order valence-electron chi connectivity index (χ2n) is 5.00. The Labute approximate surface area is 121 Å². The molecule has 0 fully saturated rings. The summed E-state index contributed by atoms with van der Waals surface area (Å²) in [4.78, 5) is 12.4. The molecule has 2 N–H and O–H groups in total. The van der Waals surface area contributed by atoms with Gasteiger partial charge in [0, 0.05) is 11.1 Å². The average Bonchev–Trinajstić information content (AvgIpc) is 2.81. The molecule has 0 atom stereocenters. The second kappa shape index (κ2) is 4.66. The van der Waals surface area contributed by atoms with Gasteiger partial charge in [-0.15, -0.1) is 0 Å². The van der Waals surface area contributed by atoms with Crippen LogP contribution in [0.25, 0.3) is 6.08 Å². The molecule has 0 unspecified atom stereocenters. The van der Waals surface area contributed by atoms with Crippen LogP contribution in [0.3, 0.4) is 0 Å². The fourth-order valence-corrected chi connectivity index (χ4v) is 2.40. The highest BCUT2D eigenvalue weighted by atomic mass is 16.5. The fraction of sp³-hybridized carbons (Fsp3) is 0.118. The summed E-state index contributed by atoms with van der Waals surface area (Å²) >= 11 is 0. The van der Waals surface area contributed by atoms with Gasteiger partial charge in [-0.3, -0.25) is 4.79 Å². The molecule has 3 rings (SSSR count). The molecule has 1 aliphatic heterocycles. The van der Waals surface area contributed by atoms with Gasteiger partial charge in [-0.1, -0.05) is 30.3 Å². The van der Waals surface area contributed by atoms with Crippen molar-refractivity contribution >= 4 is 11.9 Å². The molecule has 0 bridgehead atoms. The van der Waals surface area contributed by atoms with E-state index >= 15 is 0 Å². The molecule has 0 spiro atoms. The molecular weight excluding hydrogens is 268 g/mol. The summed E-state index contributed by atoms with van der Waals surface area (Å²) in [5.41, 5.74) is 1.67. The Hall–Kier alpha value is -2.75. The van der Waals surface area contributed by atoms with E-state index in [0.29, 0.717) is 5.56 Å². The molecule has 1 heterocycles. The predicted molar refractivity (Wildman–Crippen MR) is 78.6 cm³/mol. The van der Waals surface area contributed by atoms with Crippen LogP contribution in [0.4, 0.5) is 0 Å². The van der Waals surface area contributed by atoms with Gasteiger partial charge in [-0.2, -0.15) is 0 Å². The van der Waals surface area contributed by atoms with E-state index < -0.39 is 0 Å². The van der Waals surface area contributed by atoms with Crippen LogP contribution in [0.15, 0.2) is 36.1 Å². The number of ketones is 1. The molecule has 0 aliphatic carbocycles. The van der Waals surface area contributed by atoms with Crippen molar-refractivity contribution in [3.05, 3.63) is 58.3 Å². The Morgan fingerprint density at radius 3 is 2.33 bits per heavy atom. The molecule has 4 heteroatoms. The SMILES string of the molecule is Cc1c(O)c(C)c2c(c1O)C(=O)C(=Cc1ccccc1)O2. The molecule has 0 amide bonds. The van der Waals surface area contributed by atoms with Crippen molar-refractivity contribution in [1.29, 1.82) is 0 Å². The zero-order chi connectivity index (χ0) is 15.1. The summed E-state index contributed by atoms with van der Waals surface area (Å²) in [6, 6.07) is 9.30. The van der Waals surface area contributed by atoms with E-state index in [2.05, 4.69) is 0 Å². The minimum atomic E-state index is -0.377. The lowest BCUT2D eigenvalue weighted by Gasteiger charge is -2.09. The Bertz CT molecular complexity index is 773. The zero-order valence-corrected chi connectivity index (χ0v) is 11.7. The lowest BCUT2D eigenvalue weighted by Crippen LogP contribution is -1.98. The van der Waals surface area contributed by atoms with E-state index in [1.165, 1.54) is 0 Å². The van der Waals surface area contributed by atoms with Gasteiger partial charge in [0.25, 0.3) is 0 Å². The highest BCUT2D eigenvalue weighted by Crippen LogP contribution is 2.46. The van der Waals surface area contributed by atoms with Crippen molar-refractivity contribution in [2.75, 3.05) is 0 Å². The standard InChI is InChI=1S/C17H14O4/c1-9-14(18)10(2)17-13(15(9)19)16(20)12(21-17)8-11-6-4-3-5-7-11/h3-8,18-19H,1-2H3. The van der Waals surface area contributed by atoms with Crippen LogP contribution < -0.4 is 4.74 Å². The molecule has 2 aromatic rings. The summed E-state index contributed by atoms with van der Waals surface area (Å²) in [7, 11) is 0. The number of rotatable bonds is 1. The normalized spacial score (nSPS) is 15.1. The second-order valence-corrected chi connectivity index (χ2v) is 5.00. The molecule has 106 valence electrons. The first-order chi connectivity index (χ1) is 10.0. The molecule has 1 aliphatic rings. The maximum atomic E-state index is 12.4. The minimum Gasteiger partial charge on any atom is -0.507 e. The minimum absolute atomic E-state index is 0.0555. The topological polar surface area (TPSA) is 66.8 Å². The number of hydrogen-bond acceptors (Lipinski definition) is 4. The third-order valence-electron chi connectivity index (χ3n) is 3.63. The molecule has 2 aromatic carbocycles. The Balaban J connectivity index is 2.14. The summed E-state index contributed by atoms with van der Waals surface area (Å²) in [6.45, 7) is 3.21. The molecule has 0 saturated heterocycles. The lowest BCUT2D eigenvalue weighted by molar-refractivity contribution is 0.101. The number of carbonyl (C=O) groups excluding carboxylic acids is 1. The molecule has 0 saturated carbocycles. The van der Waals surface area contributed by atoms with Crippen LogP contribution in [0.1, 0.15) is 27.0 Å². The van der Waals surface area contributed by atoms with Gasteiger partial charge in [0.15, 0.2) is 5.76 Å². The summed E-state index contributed by atoms with van der Waals surface area (Å²) < 4.78 is 5.56. The number of hydrogen-bond donors (Lipinski definition) is 2. The lowest BCUT2D eigenvalue weighted by atomic mass is 10.00. The van der Waals surface area contributed by atoms with Gasteiger partial charge < -0.3 is 14.9 Å². The van der Waals surface area contributed by atoms with E-state index in [0.717, 1.165) is 5.56 Å². The summed E-state index contributed by atoms with van der Waals surface area (Å²) in [5, 5.41) is 20.0. The fourth-order valence-electron chi connectivity index (χ4n) is 2.40. The number of allylic oxidation sites excluding steroid dienone is 1. The predicted octanol–water partition coefficient (Wildman–Crippen LogP) is 3.33. The first-order valence-corrected chi connectivity index (χ1v) is 6.55. The van der Waals surface area contributed by atoms with E-state index in [4.69, 9.17) is 4.74 Å². The van der Waals surface area contributed by atoms with Gasteiger partial charge in [0.05, 0.1) is 0 Å². The summed E-state index contributed by atoms with van der Waals surface area (Å²) in [5.74, 6) is -0.297. The van der Waals surface area contributed by atoms with Crippen LogP contribution in [0, 0.1) is 13.8 Å². The Morgan fingerprint density at radius 2 is 1.67 bits per heavy atom. The molecule has 4 nitrogen and oxygen atoms in total. The maximum Gasteiger partial charge on any atom is 0.235 e. The Kier molecular flexibility index (Phi) is 2.94. The van der Waals surface area contributed by atoms with Gasteiger partial charge in [-0.25, -0.2) is 0 Å². The largest absolute Gasteiger partial charge is 0.507 e. The van der Waals surface area contributed by atoms with Gasteiger partial charge >= 0.3 is 0 Å². The number of phenolic OH excluding ortho intramolecular Hbond substituents is 2. The van der Waals surface area contributed by atoms with E-state index in [1.807, 2.05) is 30.3 Å². The van der Waals surface area contributed by atoms with Crippen molar-refractivity contribution in [2.24, 2.45) is 0 Å². The van der Waals surface area contributed by atoms with E-state index in [1.54, 1.807) is 19.9 Å². The number of Topliss-reactive ketones (excluding diaryl/α,β-unsaturated/α-hetero) is 1. The monoisotopic (exact) mass is 282 g/mol. The quantitative estimate of drug-likeness (QED) is 0.787. The molecule has 21 heavy (non-hydrogen) atoms. The highest BCUT2D eigenvalue weighted by molar-refractivity contribution is 6.16. The van der Waals surface area contributed by atoms with Crippen molar-refractivity contribution < 1.29 is 19.7 Å². The molecule has 0 radical (unpaired) electrons. The molecule has 0 aromatic heterocycles. The number of benzene rings is 2. The number of fused-ring (bicyclic) bond motifs is 1. The smallest absolute Gasteiger partial charge is 0.235 e. The number of phenols is 2. The average molecular weight is 282 g/mol. The third kappa shape index (κ3) is 1.96. The van der Waals surface area contributed by atoms with Gasteiger partial charge in [0.2, 0.25) is 5.78 Å². The first kappa shape index (κ1) is 13.2. The summed E-state index contributed by atoms with van der Waals surface area (Å²) in [6.07, 6.45) is 1.62. The van der Waals surface area contributed by atoms with Crippen LogP contribution in [-0.2, 0) is 0 Å². The first-order valence-electron chi connectivity index (χ1n) is 6.55. The third-order valence-corrected chi connectivity index (χ3v) is 3.63. The number of ether oxygens (including phenoxy) is 1. The molecular formula is C17H14O4. The van der Waals surface area contributed by atoms with Crippen LogP contribution in [0.5, 0.6) is 17.2 Å². The van der Waals surface area contributed by atoms with Crippen LogP contribution in [0.2, 0.25) is 0 Å². The van der Waals surface area contributed by atoms with E-state index in [9.17, 15) is 15.0 Å². The van der Waals surface area contributed by atoms with Crippen molar-refractivity contribution in [2.45, 2.75) is 13.8 Å². The number of aromatic hydroxyl groups is 2. The van der Waals surface area contributed by atoms with E-state index in [-0.39, 0.29) is 39.9 Å². The van der Waals surface area contributed by atoms with Gasteiger partial charge in [-0.05, 0) is 25.5 Å². The van der Waals surface area contributed by atoms with Crippen molar-refractivity contribution in [3.8, 4) is 17.2 Å².